The van der Waals surface area contributed by atoms with Gasteiger partial charge in [0.15, 0.2) is 0 Å². The topological polar surface area (TPSA) is 19.4 Å². The number of nitrogens with zero attached hydrogens (tertiary/aromatic N) is 3. The fourth-order valence-electron chi connectivity index (χ4n) is 4.21. The number of hydrogen-bond donors (Lipinski definition) is 0. The lowest BCUT2D eigenvalue weighted by Gasteiger charge is -2.40. The third-order valence-corrected chi connectivity index (χ3v) is 5.78. The molecule has 1 spiro atoms. The Morgan fingerprint density at radius 2 is 1.86 bits per heavy atom. The van der Waals surface area contributed by atoms with E-state index in [9.17, 15) is 0 Å². The van der Waals surface area contributed by atoms with Crippen molar-refractivity contribution in [2.45, 2.75) is 26.2 Å². The summed E-state index contributed by atoms with van der Waals surface area (Å²) < 4.78 is 0. The summed E-state index contributed by atoms with van der Waals surface area (Å²) >= 11 is 0. The van der Waals surface area contributed by atoms with Gasteiger partial charge >= 0.3 is 0 Å². The molecule has 3 heteroatoms. The van der Waals surface area contributed by atoms with Gasteiger partial charge in [-0.25, -0.2) is 0 Å². The molecule has 2 aliphatic rings. The normalized spacial score (nSPS) is 21.8. The average molecular weight is 295 g/mol. The largest absolute Gasteiger partial charge is 0.371 e. The Hall–Kier alpha value is -1.61. The van der Waals surface area contributed by atoms with E-state index >= 15 is 0 Å². The Bertz CT molecular complexity index is 659. The number of hydrogen-bond acceptors (Lipinski definition) is 3. The zero-order valence-corrected chi connectivity index (χ0v) is 13.5. The molecule has 0 N–H and O–H groups in total. The highest BCUT2D eigenvalue weighted by Gasteiger charge is 2.39. The van der Waals surface area contributed by atoms with E-state index in [0.717, 1.165) is 0 Å². The summed E-state index contributed by atoms with van der Waals surface area (Å²) in [7, 11) is 0. The number of fused-ring (bicyclic) bond motifs is 1. The molecule has 116 valence electrons. The predicted molar refractivity (Wildman–Crippen MR) is 92.4 cm³/mol. The Balaban J connectivity index is 1.48. The van der Waals surface area contributed by atoms with Crippen molar-refractivity contribution in [3.05, 3.63) is 36.7 Å². The fourth-order valence-corrected chi connectivity index (χ4v) is 4.21. The molecule has 0 radical (unpaired) electrons. The molecule has 2 aromatic rings. The Kier molecular flexibility index (Phi) is 3.53. The van der Waals surface area contributed by atoms with E-state index in [4.69, 9.17) is 0 Å². The molecule has 22 heavy (non-hydrogen) atoms. The van der Waals surface area contributed by atoms with Crippen LogP contribution in [0.1, 0.15) is 26.2 Å². The monoisotopic (exact) mass is 295 g/mol. The number of pyridine rings is 1. The molecule has 1 aromatic heterocycles. The second-order valence-electron chi connectivity index (χ2n) is 7.01. The van der Waals surface area contributed by atoms with Crippen LogP contribution in [0.4, 0.5) is 5.69 Å². The van der Waals surface area contributed by atoms with Crippen LogP contribution in [-0.2, 0) is 0 Å². The van der Waals surface area contributed by atoms with Crippen LogP contribution in [0.2, 0.25) is 0 Å². The van der Waals surface area contributed by atoms with Crippen LogP contribution in [0.25, 0.3) is 10.8 Å². The van der Waals surface area contributed by atoms with Gasteiger partial charge in [-0.3, -0.25) is 4.98 Å². The molecule has 1 aromatic carbocycles. The van der Waals surface area contributed by atoms with Crippen molar-refractivity contribution in [3.63, 3.8) is 0 Å². The Labute approximate surface area is 132 Å². The number of aromatic nitrogens is 1. The van der Waals surface area contributed by atoms with Crippen LogP contribution in [0.3, 0.4) is 0 Å². The van der Waals surface area contributed by atoms with Crippen molar-refractivity contribution in [3.8, 4) is 0 Å². The van der Waals surface area contributed by atoms with Crippen LogP contribution >= 0.6 is 0 Å². The van der Waals surface area contributed by atoms with Crippen LogP contribution in [0, 0.1) is 5.41 Å². The summed E-state index contributed by atoms with van der Waals surface area (Å²) in [5.41, 5.74) is 1.98. The van der Waals surface area contributed by atoms with Crippen LogP contribution in [-0.4, -0.2) is 42.6 Å². The van der Waals surface area contributed by atoms with Gasteiger partial charge in [0.05, 0.1) is 0 Å². The summed E-state index contributed by atoms with van der Waals surface area (Å²) in [6.07, 6.45) is 7.92. The molecule has 0 atom stereocenters. The fraction of sp³-hybridized carbons (Fsp3) is 0.526. The first-order valence-corrected chi connectivity index (χ1v) is 8.59. The van der Waals surface area contributed by atoms with Crippen molar-refractivity contribution in [1.29, 1.82) is 0 Å². The van der Waals surface area contributed by atoms with Gasteiger partial charge in [0.2, 0.25) is 0 Å². The van der Waals surface area contributed by atoms with E-state index in [1.54, 1.807) is 0 Å². The summed E-state index contributed by atoms with van der Waals surface area (Å²) in [5, 5.41) is 2.53. The highest BCUT2D eigenvalue weighted by atomic mass is 15.2. The Morgan fingerprint density at radius 3 is 2.64 bits per heavy atom. The molecule has 0 bridgehead atoms. The molecular formula is C19H25N3. The molecule has 2 saturated heterocycles. The van der Waals surface area contributed by atoms with Crippen LogP contribution < -0.4 is 4.90 Å². The molecule has 0 saturated carbocycles. The van der Waals surface area contributed by atoms with Crippen LogP contribution in [0.15, 0.2) is 36.7 Å². The zero-order valence-electron chi connectivity index (χ0n) is 13.5. The summed E-state index contributed by atoms with van der Waals surface area (Å²) in [6.45, 7) is 8.53. The highest BCUT2D eigenvalue weighted by Crippen LogP contribution is 2.41. The van der Waals surface area contributed by atoms with Crippen molar-refractivity contribution < 1.29 is 0 Å². The molecule has 2 aliphatic heterocycles. The van der Waals surface area contributed by atoms with Gasteiger partial charge in [0.25, 0.3) is 0 Å². The first kappa shape index (κ1) is 14.0. The standard InChI is InChI=1S/C19H25N3/c1-2-21-10-6-19(15-21)7-11-22(12-8-19)18-4-3-17-14-20-9-5-16(17)13-18/h3-5,9,13-14H,2,6-8,10-12,15H2,1H3. The number of rotatable bonds is 2. The molecule has 2 fully saturated rings. The van der Waals surface area contributed by atoms with Gasteiger partial charge in [-0.05, 0) is 61.4 Å². The zero-order chi connectivity index (χ0) is 15.0. The van der Waals surface area contributed by atoms with Crippen molar-refractivity contribution in [2.75, 3.05) is 37.6 Å². The van der Waals surface area contributed by atoms with E-state index in [1.807, 2.05) is 12.4 Å². The summed E-state index contributed by atoms with van der Waals surface area (Å²) in [6, 6.07) is 8.90. The quantitative estimate of drug-likeness (QED) is 0.844. The Morgan fingerprint density at radius 1 is 1.05 bits per heavy atom. The smallest absolute Gasteiger partial charge is 0.0372 e. The SMILES string of the molecule is CCN1CCC2(CCN(c3ccc4cnccc4c3)CC2)C1. The number of piperidine rings is 1. The summed E-state index contributed by atoms with van der Waals surface area (Å²) in [4.78, 5) is 9.39. The number of benzene rings is 1. The van der Waals surface area contributed by atoms with E-state index < -0.39 is 0 Å². The molecular weight excluding hydrogens is 270 g/mol. The van der Waals surface area contributed by atoms with Gasteiger partial charge in [0.1, 0.15) is 0 Å². The minimum Gasteiger partial charge on any atom is -0.371 e. The molecule has 0 aliphatic carbocycles. The highest BCUT2D eigenvalue weighted by molar-refractivity contribution is 5.85. The van der Waals surface area contributed by atoms with Crippen molar-refractivity contribution >= 4 is 16.5 Å². The molecule has 0 amide bonds. The van der Waals surface area contributed by atoms with Gasteiger partial charge < -0.3 is 9.80 Å². The van der Waals surface area contributed by atoms with Crippen LogP contribution in [0.5, 0.6) is 0 Å². The molecule has 3 nitrogen and oxygen atoms in total. The first-order valence-electron chi connectivity index (χ1n) is 8.59. The minimum absolute atomic E-state index is 0.604. The van der Waals surface area contributed by atoms with Gasteiger partial charge in [-0.15, -0.1) is 0 Å². The molecule has 3 heterocycles. The second kappa shape index (κ2) is 5.54. The van der Waals surface area contributed by atoms with E-state index in [-0.39, 0.29) is 0 Å². The second-order valence-corrected chi connectivity index (χ2v) is 7.01. The van der Waals surface area contributed by atoms with Crippen molar-refractivity contribution in [2.24, 2.45) is 5.41 Å². The molecule has 4 rings (SSSR count). The minimum atomic E-state index is 0.604. The average Bonchev–Trinajstić information content (AvgIpc) is 2.98. The third-order valence-electron chi connectivity index (χ3n) is 5.78. The van der Waals surface area contributed by atoms with Gasteiger partial charge in [0, 0.05) is 43.1 Å². The van der Waals surface area contributed by atoms with E-state index in [1.165, 1.54) is 68.4 Å². The number of anilines is 1. The van der Waals surface area contributed by atoms with E-state index in [2.05, 4.69) is 46.0 Å². The maximum atomic E-state index is 4.20. The summed E-state index contributed by atoms with van der Waals surface area (Å²) in [5.74, 6) is 0. The maximum absolute atomic E-state index is 4.20. The van der Waals surface area contributed by atoms with E-state index in [0.29, 0.717) is 5.41 Å². The lowest BCUT2D eigenvalue weighted by Crippen LogP contribution is -2.41. The lowest BCUT2D eigenvalue weighted by molar-refractivity contribution is 0.213. The third kappa shape index (κ3) is 2.48. The van der Waals surface area contributed by atoms with Gasteiger partial charge in [-0.2, -0.15) is 0 Å². The maximum Gasteiger partial charge on any atom is 0.0372 e. The molecule has 0 unspecified atom stereocenters. The van der Waals surface area contributed by atoms with Crippen molar-refractivity contribution in [1.82, 2.24) is 9.88 Å². The predicted octanol–water partition coefficient (Wildman–Crippen LogP) is 3.55. The lowest BCUT2D eigenvalue weighted by atomic mass is 9.77. The first-order chi connectivity index (χ1) is 10.8. The van der Waals surface area contributed by atoms with Gasteiger partial charge in [-0.1, -0.05) is 13.0 Å². The number of likely N-dealkylation sites (tertiary alicyclic amines) is 1.